The maximum atomic E-state index is 13.1. The van der Waals surface area contributed by atoms with Gasteiger partial charge in [-0.3, -0.25) is 4.90 Å². The lowest BCUT2D eigenvalue weighted by Crippen LogP contribution is -2.53. The average Bonchev–Trinajstić information content (AvgIpc) is 2.80. The van der Waals surface area contributed by atoms with Gasteiger partial charge < -0.3 is 15.5 Å². The van der Waals surface area contributed by atoms with Crippen molar-refractivity contribution in [3.63, 3.8) is 0 Å². The smallest absolute Gasteiger partial charge is 0.123 e. The summed E-state index contributed by atoms with van der Waals surface area (Å²) in [5.41, 5.74) is 4.91. The van der Waals surface area contributed by atoms with E-state index in [1.54, 1.807) is 0 Å². The summed E-state index contributed by atoms with van der Waals surface area (Å²) in [7, 11) is 0. The van der Waals surface area contributed by atoms with Gasteiger partial charge in [-0.2, -0.15) is 0 Å². The zero-order chi connectivity index (χ0) is 23.4. The predicted molar refractivity (Wildman–Crippen MR) is 136 cm³/mol. The maximum absolute atomic E-state index is 13.1. The molecule has 4 rings (SSSR count). The summed E-state index contributed by atoms with van der Waals surface area (Å²) in [6.45, 7) is 16.5. The predicted octanol–water partition coefficient (Wildman–Crippen LogP) is 5.20. The third kappa shape index (κ3) is 6.36. The monoisotopic (exact) mass is 450 g/mol. The number of halogens is 1. The van der Waals surface area contributed by atoms with Crippen molar-refractivity contribution in [3.8, 4) is 0 Å². The molecule has 2 aromatic rings. The van der Waals surface area contributed by atoms with Gasteiger partial charge in [0.2, 0.25) is 0 Å². The van der Waals surface area contributed by atoms with Crippen LogP contribution in [0, 0.1) is 5.82 Å². The molecule has 2 saturated heterocycles. The minimum absolute atomic E-state index is 0.193. The van der Waals surface area contributed by atoms with E-state index in [4.69, 9.17) is 0 Å². The van der Waals surface area contributed by atoms with Crippen molar-refractivity contribution in [2.75, 3.05) is 31.5 Å². The summed E-state index contributed by atoms with van der Waals surface area (Å²) in [4.78, 5) is 4.98. The van der Waals surface area contributed by atoms with Crippen LogP contribution in [-0.2, 0) is 6.54 Å². The van der Waals surface area contributed by atoms with Gasteiger partial charge in [-0.15, -0.1) is 0 Å². The highest BCUT2D eigenvalue weighted by atomic mass is 19.1. The fourth-order valence-electron chi connectivity index (χ4n) is 5.30. The van der Waals surface area contributed by atoms with Gasteiger partial charge in [0.25, 0.3) is 0 Å². The number of piperidine rings is 1. The zero-order valence-corrected chi connectivity index (χ0v) is 20.4. The highest BCUT2D eigenvalue weighted by Gasteiger charge is 2.24. The maximum Gasteiger partial charge on any atom is 0.123 e. The number of piperazine rings is 1. The molecular formula is C28H39FN4. The van der Waals surface area contributed by atoms with Crippen LogP contribution in [-0.4, -0.2) is 54.1 Å². The van der Waals surface area contributed by atoms with Gasteiger partial charge >= 0.3 is 0 Å². The Hall–Kier alpha value is -2.37. The Morgan fingerprint density at radius 2 is 1.64 bits per heavy atom. The van der Waals surface area contributed by atoms with E-state index in [-0.39, 0.29) is 5.82 Å². The Kier molecular flexibility index (Phi) is 7.71. The van der Waals surface area contributed by atoms with Crippen LogP contribution in [0.5, 0.6) is 0 Å². The van der Waals surface area contributed by atoms with Crippen LogP contribution >= 0.6 is 0 Å². The number of allylic oxidation sites excluding steroid dienone is 1. The van der Waals surface area contributed by atoms with Crippen molar-refractivity contribution in [1.29, 1.82) is 0 Å². The highest BCUT2D eigenvalue weighted by Crippen LogP contribution is 2.29. The standard InChI is InChI=1S/C28H39FN4/c1-20-17-32(18-21(2)30-20)19-24-5-7-25(8-6-24)22(3)23(4)33-15-13-28(14-16-33)31-27-11-9-26(29)10-12-27/h5-12,20-22,28,30-31H,4,13-19H2,1-3H3. The van der Waals surface area contributed by atoms with Crippen LogP contribution in [0.1, 0.15) is 50.7 Å². The van der Waals surface area contributed by atoms with Gasteiger partial charge in [-0.05, 0) is 62.1 Å². The molecule has 0 aromatic heterocycles. The number of nitrogens with zero attached hydrogens (tertiary/aromatic N) is 2. The van der Waals surface area contributed by atoms with Gasteiger partial charge in [0.05, 0.1) is 0 Å². The summed E-state index contributed by atoms with van der Waals surface area (Å²) >= 11 is 0. The minimum atomic E-state index is -0.193. The molecule has 178 valence electrons. The molecule has 3 atom stereocenters. The first-order chi connectivity index (χ1) is 15.9. The molecule has 2 aliphatic heterocycles. The fraction of sp³-hybridized carbons (Fsp3) is 0.500. The number of likely N-dealkylation sites (tertiary alicyclic amines) is 1. The summed E-state index contributed by atoms with van der Waals surface area (Å²) in [5.74, 6) is 0.113. The van der Waals surface area contributed by atoms with Crippen LogP contribution < -0.4 is 10.6 Å². The van der Waals surface area contributed by atoms with Gasteiger partial charge in [0.1, 0.15) is 5.82 Å². The molecule has 0 amide bonds. The molecule has 0 bridgehead atoms. The third-order valence-corrected chi connectivity index (χ3v) is 7.14. The van der Waals surface area contributed by atoms with E-state index >= 15 is 0 Å². The van der Waals surface area contributed by atoms with E-state index in [1.165, 1.54) is 29.0 Å². The van der Waals surface area contributed by atoms with E-state index in [0.29, 0.717) is 24.0 Å². The SMILES string of the molecule is C=C(C(C)c1ccc(CN2CC(C)NC(C)C2)cc1)N1CCC(Nc2ccc(F)cc2)CC1. The van der Waals surface area contributed by atoms with Crippen LogP contribution in [0.25, 0.3) is 0 Å². The fourth-order valence-corrected chi connectivity index (χ4v) is 5.30. The molecule has 0 spiro atoms. The lowest BCUT2D eigenvalue weighted by molar-refractivity contribution is 0.166. The Balaban J connectivity index is 1.27. The van der Waals surface area contributed by atoms with E-state index in [1.807, 2.05) is 12.1 Å². The normalized spacial score (nSPS) is 23.3. The van der Waals surface area contributed by atoms with Crippen molar-refractivity contribution in [2.45, 2.75) is 64.2 Å². The summed E-state index contributed by atoms with van der Waals surface area (Å²) in [6, 6.07) is 17.3. The van der Waals surface area contributed by atoms with Gasteiger partial charge in [-0.25, -0.2) is 4.39 Å². The summed E-state index contributed by atoms with van der Waals surface area (Å²) < 4.78 is 13.1. The lowest BCUT2D eigenvalue weighted by atomic mass is 9.94. The van der Waals surface area contributed by atoms with E-state index < -0.39 is 0 Å². The molecular weight excluding hydrogens is 411 g/mol. The van der Waals surface area contributed by atoms with Crippen LogP contribution in [0.2, 0.25) is 0 Å². The van der Waals surface area contributed by atoms with Crippen molar-refractivity contribution in [3.05, 3.63) is 77.8 Å². The Morgan fingerprint density at radius 3 is 2.24 bits per heavy atom. The van der Waals surface area contributed by atoms with Gasteiger partial charge in [0.15, 0.2) is 0 Å². The second-order valence-electron chi connectivity index (χ2n) is 10.0. The summed E-state index contributed by atoms with van der Waals surface area (Å²) in [5, 5.41) is 7.15. The number of benzene rings is 2. The third-order valence-electron chi connectivity index (χ3n) is 7.14. The largest absolute Gasteiger partial charge is 0.382 e. The zero-order valence-electron chi connectivity index (χ0n) is 20.4. The number of rotatable bonds is 7. The van der Waals surface area contributed by atoms with Crippen LogP contribution in [0.4, 0.5) is 10.1 Å². The van der Waals surface area contributed by atoms with E-state index in [9.17, 15) is 4.39 Å². The molecule has 2 aromatic carbocycles. The van der Waals surface area contributed by atoms with Crippen molar-refractivity contribution < 1.29 is 4.39 Å². The first-order valence-electron chi connectivity index (χ1n) is 12.4. The quantitative estimate of drug-likeness (QED) is 0.607. The number of anilines is 1. The summed E-state index contributed by atoms with van der Waals surface area (Å²) in [6.07, 6.45) is 2.12. The second-order valence-corrected chi connectivity index (χ2v) is 10.0. The Morgan fingerprint density at radius 1 is 1.03 bits per heavy atom. The molecule has 2 aliphatic rings. The molecule has 2 N–H and O–H groups in total. The molecule has 0 saturated carbocycles. The Bertz CT molecular complexity index is 892. The first-order valence-corrected chi connectivity index (χ1v) is 12.4. The van der Waals surface area contributed by atoms with Gasteiger partial charge in [0, 0.05) is 68.2 Å². The van der Waals surface area contributed by atoms with Gasteiger partial charge in [-0.1, -0.05) is 37.8 Å². The molecule has 4 nitrogen and oxygen atoms in total. The molecule has 0 radical (unpaired) electrons. The van der Waals surface area contributed by atoms with Crippen molar-refractivity contribution >= 4 is 5.69 Å². The molecule has 5 heteroatoms. The number of hydrogen-bond acceptors (Lipinski definition) is 4. The van der Waals surface area contributed by atoms with Crippen molar-refractivity contribution in [2.24, 2.45) is 0 Å². The highest BCUT2D eigenvalue weighted by molar-refractivity contribution is 5.44. The first kappa shape index (κ1) is 23.8. The lowest BCUT2D eigenvalue weighted by Gasteiger charge is -2.37. The molecule has 0 aliphatic carbocycles. The molecule has 2 fully saturated rings. The van der Waals surface area contributed by atoms with Crippen LogP contribution in [0.15, 0.2) is 60.8 Å². The van der Waals surface area contributed by atoms with Crippen molar-refractivity contribution in [1.82, 2.24) is 15.1 Å². The molecule has 3 unspecified atom stereocenters. The minimum Gasteiger partial charge on any atom is -0.382 e. The average molecular weight is 451 g/mol. The topological polar surface area (TPSA) is 30.5 Å². The number of nitrogens with one attached hydrogen (secondary N) is 2. The molecule has 33 heavy (non-hydrogen) atoms. The Labute approximate surface area is 198 Å². The van der Waals surface area contributed by atoms with E-state index in [0.717, 1.165) is 51.3 Å². The second kappa shape index (κ2) is 10.7. The molecule has 2 heterocycles. The number of hydrogen-bond donors (Lipinski definition) is 2. The van der Waals surface area contributed by atoms with E-state index in [2.05, 4.69) is 72.0 Å². The van der Waals surface area contributed by atoms with Crippen LogP contribution in [0.3, 0.4) is 0 Å².